The monoisotopic (exact) mass is 284 g/mol. The number of alkyl halides is 1. The van der Waals surface area contributed by atoms with Crippen molar-refractivity contribution in [3.8, 4) is 0 Å². The van der Waals surface area contributed by atoms with Crippen LogP contribution in [0.1, 0.15) is 48.1 Å². The van der Waals surface area contributed by atoms with E-state index in [0.29, 0.717) is 4.83 Å². The highest BCUT2D eigenvalue weighted by Gasteiger charge is 2.22. The number of hydrogen-bond acceptors (Lipinski definition) is 0. The third-order valence-electron chi connectivity index (χ3n) is 3.56. The fraction of sp³-hybridized carbons (Fsp3) is 0.571. The molecule has 0 N–H and O–H groups in total. The third-order valence-corrected chi connectivity index (χ3v) is 4.84. The lowest BCUT2D eigenvalue weighted by Gasteiger charge is -2.26. The van der Waals surface area contributed by atoms with Crippen LogP contribution in [0, 0.1) is 18.7 Å². The van der Waals surface area contributed by atoms with Crippen LogP contribution in [0.3, 0.4) is 0 Å². The molecule has 0 aliphatic heterocycles. The van der Waals surface area contributed by atoms with E-state index in [2.05, 4.69) is 15.9 Å². The maximum Gasteiger partial charge on any atom is 0.126 e. The minimum atomic E-state index is -0.105. The molecule has 1 saturated carbocycles. The summed E-state index contributed by atoms with van der Waals surface area (Å²) in [7, 11) is 0. The molecule has 1 atom stereocenters. The maximum atomic E-state index is 13.2. The van der Waals surface area contributed by atoms with Crippen molar-refractivity contribution in [3.05, 3.63) is 35.1 Å². The van der Waals surface area contributed by atoms with Gasteiger partial charge in [0.15, 0.2) is 0 Å². The van der Waals surface area contributed by atoms with E-state index in [4.69, 9.17) is 0 Å². The first-order chi connectivity index (χ1) is 7.68. The SMILES string of the molecule is Cc1cc(C(Br)C2CCCCC2)ccc1F. The average molecular weight is 285 g/mol. The van der Waals surface area contributed by atoms with E-state index in [1.54, 1.807) is 6.07 Å². The van der Waals surface area contributed by atoms with Crippen molar-refractivity contribution in [2.45, 2.75) is 43.9 Å². The Bertz CT molecular complexity index is 356. The first kappa shape index (κ1) is 12.1. The highest BCUT2D eigenvalue weighted by atomic mass is 79.9. The second-order valence-electron chi connectivity index (χ2n) is 4.81. The second kappa shape index (κ2) is 5.31. The molecule has 2 rings (SSSR count). The average Bonchev–Trinajstić information content (AvgIpc) is 2.33. The third kappa shape index (κ3) is 2.65. The van der Waals surface area contributed by atoms with Gasteiger partial charge in [0.05, 0.1) is 0 Å². The molecule has 0 amide bonds. The van der Waals surface area contributed by atoms with Gasteiger partial charge < -0.3 is 0 Å². The molecule has 0 saturated heterocycles. The van der Waals surface area contributed by atoms with Crippen molar-refractivity contribution in [2.24, 2.45) is 5.92 Å². The first-order valence-corrected chi connectivity index (χ1v) is 7.00. The molecule has 0 radical (unpaired) electrons. The lowest BCUT2D eigenvalue weighted by atomic mass is 9.84. The zero-order valence-corrected chi connectivity index (χ0v) is 11.3. The molecule has 1 aromatic carbocycles. The molecule has 0 bridgehead atoms. The van der Waals surface area contributed by atoms with Crippen LogP contribution in [-0.2, 0) is 0 Å². The van der Waals surface area contributed by atoms with Gasteiger partial charge in [0.25, 0.3) is 0 Å². The molecule has 1 aliphatic carbocycles. The number of halogens is 2. The van der Waals surface area contributed by atoms with E-state index in [1.165, 1.54) is 37.7 Å². The normalized spacial score (nSPS) is 19.7. The lowest BCUT2D eigenvalue weighted by molar-refractivity contribution is 0.354. The number of aryl methyl sites for hydroxylation is 1. The van der Waals surface area contributed by atoms with Crippen molar-refractivity contribution >= 4 is 15.9 Å². The highest BCUT2D eigenvalue weighted by Crippen LogP contribution is 2.40. The topological polar surface area (TPSA) is 0 Å². The molecule has 1 aliphatic rings. The van der Waals surface area contributed by atoms with Crippen molar-refractivity contribution in [2.75, 3.05) is 0 Å². The summed E-state index contributed by atoms with van der Waals surface area (Å²) in [6.07, 6.45) is 6.65. The van der Waals surface area contributed by atoms with Gasteiger partial charge in [0.1, 0.15) is 5.82 Å². The van der Waals surface area contributed by atoms with Gasteiger partial charge >= 0.3 is 0 Å². The minimum Gasteiger partial charge on any atom is -0.207 e. The van der Waals surface area contributed by atoms with Gasteiger partial charge in [-0.15, -0.1) is 0 Å². The Kier molecular flexibility index (Phi) is 4.01. The highest BCUT2D eigenvalue weighted by molar-refractivity contribution is 9.09. The zero-order valence-electron chi connectivity index (χ0n) is 9.68. The van der Waals surface area contributed by atoms with Gasteiger partial charge in [-0.1, -0.05) is 47.3 Å². The van der Waals surface area contributed by atoms with Crippen molar-refractivity contribution in [1.29, 1.82) is 0 Å². The van der Waals surface area contributed by atoms with Crippen LogP contribution in [0.4, 0.5) is 4.39 Å². The Morgan fingerprint density at radius 1 is 1.25 bits per heavy atom. The van der Waals surface area contributed by atoms with Crippen LogP contribution >= 0.6 is 15.9 Å². The Labute approximate surface area is 105 Å². The van der Waals surface area contributed by atoms with E-state index in [1.807, 2.05) is 19.1 Å². The van der Waals surface area contributed by atoms with Crippen molar-refractivity contribution in [1.82, 2.24) is 0 Å². The molecule has 1 aromatic rings. The second-order valence-corrected chi connectivity index (χ2v) is 5.79. The molecule has 1 fully saturated rings. The summed E-state index contributed by atoms with van der Waals surface area (Å²) in [5, 5.41) is 0. The molecule has 0 nitrogen and oxygen atoms in total. The predicted molar refractivity (Wildman–Crippen MR) is 69.4 cm³/mol. The fourth-order valence-electron chi connectivity index (χ4n) is 2.54. The van der Waals surface area contributed by atoms with E-state index in [9.17, 15) is 4.39 Å². The molecular weight excluding hydrogens is 267 g/mol. The Hall–Kier alpha value is -0.370. The quantitative estimate of drug-likeness (QED) is 0.659. The summed E-state index contributed by atoms with van der Waals surface area (Å²) >= 11 is 3.78. The largest absolute Gasteiger partial charge is 0.207 e. The van der Waals surface area contributed by atoms with Gasteiger partial charge in [-0.05, 0) is 42.9 Å². The Morgan fingerprint density at radius 3 is 2.56 bits per heavy atom. The lowest BCUT2D eigenvalue weighted by Crippen LogP contribution is -2.12. The van der Waals surface area contributed by atoms with Crippen LogP contribution in [0.2, 0.25) is 0 Å². The number of benzene rings is 1. The molecular formula is C14H18BrF. The summed E-state index contributed by atoms with van der Waals surface area (Å²) < 4.78 is 13.2. The summed E-state index contributed by atoms with van der Waals surface area (Å²) in [4.78, 5) is 0.395. The zero-order chi connectivity index (χ0) is 11.5. The molecule has 1 unspecified atom stereocenters. The Morgan fingerprint density at radius 2 is 1.94 bits per heavy atom. The van der Waals surface area contributed by atoms with Gasteiger partial charge in [0.2, 0.25) is 0 Å². The summed E-state index contributed by atoms with van der Waals surface area (Å²) in [6.45, 7) is 1.83. The predicted octanol–water partition coefficient (Wildman–Crippen LogP) is 5.15. The van der Waals surface area contributed by atoms with Gasteiger partial charge in [-0.2, -0.15) is 0 Å². The number of rotatable bonds is 2. The molecule has 0 heterocycles. The van der Waals surface area contributed by atoms with Gasteiger partial charge in [-0.3, -0.25) is 0 Å². The van der Waals surface area contributed by atoms with Gasteiger partial charge in [-0.25, -0.2) is 4.39 Å². The molecule has 16 heavy (non-hydrogen) atoms. The van der Waals surface area contributed by atoms with E-state index in [-0.39, 0.29) is 5.82 Å². The number of hydrogen-bond donors (Lipinski definition) is 0. The maximum absolute atomic E-state index is 13.2. The first-order valence-electron chi connectivity index (χ1n) is 6.08. The van der Waals surface area contributed by atoms with Crippen LogP contribution in [0.25, 0.3) is 0 Å². The summed E-state index contributed by atoms with van der Waals surface area (Å²) in [5.74, 6) is 0.616. The van der Waals surface area contributed by atoms with Crippen LogP contribution < -0.4 is 0 Å². The fourth-order valence-corrected chi connectivity index (χ4v) is 3.35. The van der Waals surface area contributed by atoms with Gasteiger partial charge in [0, 0.05) is 4.83 Å². The summed E-state index contributed by atoms with van der Waals surface area (Å²) in [6, 6.07) is 5.47. The standard InChI is InChI=1S/C14H18BrF/c1-10-9-12(7-8-13(10)16)14(15)11-5-3-2-4-6-11/h7-9,11,14H,2-6H2,1H3. The molecule has 88 valence electrons. The molecule has 0 aromatic heterocycles. The van der Waals surface area contributed by atoms with Crippen molar-refractivity contribution in [3.63, 3.8) is 0 Å². The Balaban J connectivity index is 2.12. The molecule has 0 spiro atoms. The van der Waals surface area contributed by atoms with Crippen molar-refractivity contribution < 1.29 is 4.39 Å². The van der Waals surface area contributed by atoms with E-state index < -0.39 is 0 Å². The van der Waals surface area contributed by atoms with E-state index in [0.717, 1.165) is 11.5 Å². The van der Waals surface area contributed by atoms with Crippen LogP contribution in [0.15, 0.2) is 18.2 Å². The minimum absolute atomic E-state index is 0.105. The van der Waals surface area contributed by atoms with Crippen LogP contribution in [0.5, 0.6) is 0 Å². The summed E-state index contributed by atoms with van der Waals surface area (Å²) in [5.41, 5.74) is 1.98. The van der Waals surface area contributed by atoms with Crippen LogP contribution in [-0.4, -0.2) is 0 Å². The molecule has 2 heteroatoms. The smallest absolute Gasteiger partial charge is 0.126 e. The van der Waals surface area contributed by atoms with E-state index >= 15 is 0 Å².